The van der Waals surface area contributed by atoms with Gasteiger partial charge >= 0.3 is 0 Å². The molecule has 0 fully saturated rings. The Balaban J connectivity index is 1.59. The van der Waals surface area contributed by atoms with Gasteiger partial charge in [-0.1, -0.05) is 42.5 Å². The molecule has 24 heavy (non-hydrogen) atoms. The minimum Gasteiger partial charge on any atom is -0.457 e. The maximum Gasteiger partial charge on any atom is 0.258 e. The maximum absolute atomic E-state index is 12.9. The van der Waals surface area contributed by atoms with Crippen LogP contribution >= 0.6 is 0 Å². The van der Waals surface area contributed by atoms with Crippen LogP contribution in [0.3, 0.4) is 0 Å². The lowest BCUT2D eigenvalue weighted by Crippen LogP contribution is -2.28. The molecule has 0 N–H and O–H groups in total. The summed E-state index contributed by atoms with van der Waals surface area (Å²) in [7, 11) is 0. The first-order valence-corrected chi connectivity index (χ1v) is 8.04. The minimum absolute atomic E-state index is 0.0125. The van der Waals surface area contributed by atoms with Crippen molar-refractivity contribution in [3.8, 4) is 11.5 Å². The summed E-state index contributed by atoms with van der Waals surface area (Å²) in [6.07, 6.45) is 0.905. The molecule has 1 aliphatic heterocycles. The number of fused-ring (bicyclic) bond motifs is 1. The lowest BCUT2D eigenvalue weighted by molar-refractivity contribution is 0.0989. The third-order valence-electron chi connectivity index (χ3n) is 4.19. The Morgan fingerprint density at radius 1 is 0.833 bits per heavy atom. The van der Waals surface area contributed by atoms with Crippen LogP contribution in [0.15, 0.2) is 78.9 Å². The van der Waals surface area contributed by atoms with Gasteiger partial charge in [-0.25, -0.2) is 0 Å². The number of hydrogen-bond acceptors (Lipinski definition) is 2. The predicted molar refractivity (Wildman–Crippen MR) is 94.8 cm³/mol. The molecule has 4 rings (SSSR count). The molecule has 1 amide bonds. The summed E-state index contributed by atoms with van der Waals surface area (Å²) >= 11 is 0. The Morgan fingerprint density at radius 3 is 2.46 bits per heavy atom. The minimum atomic E-state index is 0.0125. The van der Waals surface area contributed by atoms with E-state index in [1.807, 2.05) is 71.6 Å². The molecule has 118 valence electrons. The largest absolute Gasteiger partial charge is 0.457 e. The number of amides is 1. The standard InChI is InChI=1S/C21H17NO2/c23-21(22-14-13-16-7-4-5-12-20(16)22)17-8-6-11-19(15-17)24-18-9-2-1-3-10-18/h1-12,15H,13-14H2. The number of benzene rings is 3. The molecular weight excluding hydrogens is 298 g/mol. The molecule has 0 radical (unpaired) electrons. The molecule has 1 heterocycles. The summed E-state index contributed by atoms with van der Waals surface area (Å²) in [5, 5.41) is 0. The van der Waals surface area contributed by atoms with Gasteiger partial charge in [0.05, 0.1) is 0 Å². The second kappa shape index (κ2) is 6.20. The fourth-order valence-electron chi connectivity index (χ4n) is 3.02. The molecule has 0 saturated heterocycles. The van der Waals surface area contributed by atoms with E-state index in [0.717, 1.165) is 24.4 Å². The van der Waals surface area contributed by atoms with Gasteiger partial charge in [0.2, 0.25) is 0 Å². The van der Waals surface area contributed by atoms with Crippen LogP contribution < -0.4 is 9.64 Å². The van der Waals surface area contributed by atoms with E-state index in [9.17, 15) is 4.79 Å². The van der Waals surface area contributed by atoms with Gasteiger partial charge in [-0.3, -0.25) is 4.79 Å². The second-order valence-corrected chi connectivity index (χ2v) is 5.78. The zero-order valence-electron chi connectivity index (χ0n) is 13.2. The maximum atomic E-state index is 12.9. The predicted octanol–water partition coefficient (Wildman–Crippen LogP) is 4.68. The van der Waals surface area contributed by atoms with Gasteiger partial charge in [0.25, 0.3) is 5.91 Å². The van der Waals surface area contributed by atoms with E-state index in [4.69, 9.17) is 4.74 Å². The molecule has 0 saturated carbocycles. The molecule has 0 spiro atoms. The summed E-state index contributed by atoms with van der Waals surface area (Å²) in [5.74, 6) is 1.44. The van der Waals surface area contributed by atoms with Crippen molar-refractivity contribution in [1.29, 1.82) is 0 Å². The van der Waals surface area contributed by atoms with Crippen molar-refractivity contribution in [2.75, 3.05) is 11.4 Å². The Kier molecular flexibility index (Phi) is 3.75. The van der Waals surface area contributed by atoms with Gasteiger partial charge in [0, 0.05) is 17.8 Å². The van der Waals surface area contributed by atoms with E-state index in [1.54, 1.807) is 6.07 Å². The van der Waals surface area contributed by atoms with Crippen molar-refractivity contribution in [1.82, 2.24) is 0 Å². The fourth-order valence-corrected chi connectivity index (χ4v) is 3.02. The van der Waals surface area contributed by atoms with Gasteiger partial charge in [-0.15, -0.1) is 0 Å². The average Bonchev–Trinajstić information content (AvgIpc) is 3.06. The quantitative estimate of drug-likeness (QED) is 0.702. The van der Waals surface area contributed by atoms with Crippen molar-refractivity contribution < 1.29 is 9.53 Å². The highest BCUT2D eigenvalue weighted by molar-refractivity contribution is 6.07. The van der Waals surface area contributed by atoms with Crippen LogP contribution in [0, 0.1) is 0 Å². The van der Waals surface area contributed by atoms with Crippen molar-refractivity contribution in [3.63, 3.8) is 0 Å². The van der Waals surface area contributed by atoms with E-state index >= 15 is 0 Å². The fraction of sp³-hybridized carbons (Fsp3) is 0.0952. The highest BCUT2D eigenvalue weighted by atomic mass is 16.5. The van der Waals surface area contributed by atoms with E-state index in [0.29, 0.717) is 11.3 Å². The van der Waals surface area contributed by atoms with E-state index in [2.05, 4.69) is 6.07 Å². The lowest BCUT2D eigenvalue weighted by atomic mass is 10.1. The number of para-hydroxylation sites is 2. The number of anilines is 1. The van der Waals surface area contributed by atoms with Crippen LogP contribution in [0.5, 0.6) is 11.5 Å². The van der Waals surface area contributed by atoms with Gasteiger partial charge in [0.1, 0.15) is 11.5 Å². The Bertz CT molecular complexity index is 874. The Hall–Kier alpha value is -3.07. The summed E-state index contributed by atoms with van der Waals surface area (Å²) in [5.41, 5.74) is 2.87. The first kappa shape index (κ1) is 14.5. The zero-order chi connectivity index (χ0) is 16.4. The Labute approximate surface area is 141 Å². The van der Waals surface area contributed by atoms with Gasteiger partial charge in [0.15, 0.2) is 0 Å². The van der Waals surface area contributed by atoms with Crippen LogP contribution in [0.25, 0.3) is 0 Å². The number of carbonyl (C=O) groups is 1. The third kappa shape index (κ3) is 2.76. The van der Waals surface area contributed by atoms with Gasteiger partial charge < -0.3 is 9.64 Å². The first-order chi connectivity index (χ1) is 11.8. The molecule has 0 aliphatic carbocycles. The van der Waals surface area contributed by atoms with Crippen molar-refractivity contribution in [2.24, 2.45) is 0 Å². The molecule has 3 aromatic rings. The summed E-state index contributed by atoms with van der Waals surface area (Å²) in [6.45, 7) is 0.724. The van der Waals surface area contributed by atoms with Crippen LogP contribution in [0.2, 0.25) is 0 Å². The first-order valence-electron chi connectivity index (χ1n) is 8.04. The monoisotopic (exact) mass is 315 g/mol. The highest BCUT2D eigenvalue weighted by Crippen LogP contribution is 2.30. The van der Waals surface area contributed by atoms with E-state index in [-0.39, 0.29) is 5.91 Å². The second-order valence-electron chi connectivity index (χ2n) is 5.78. The normalized spacial score (nSPS) is 12.8. The lowest BCUT2D eigenvalue weighted by Gasteiger charge is -2.17. The van der Waals surface area contributed by atoms with Crippen molar-refractivity contribution in [2.45, 2.75) is 6.42 Å². The number of hydrogen-bond donors (Lipinski definition) is 0. The van der Waals surface area contributed by atoms with Gasteiger partial charge in [-0.2, -0.15) is 0 Å². The molecule has 3 heteroatoms. The number of carbonyl (C=O) groups excluding carboxylic acids is 1. The summed E-state index contributed by atoms with van der Waals surface area (Å²) in [6, 6.07) is 25.0. The highest BCUT2D eigenvalue weighted by Gasteiger charge is 2.25. The van der Waals surface area contributed by atoms with Crippen LogP contribution in [-0.2, 0) is 6.42 Å². The number of ether oxygens (including phenoxy) is 1. The topological polar surface area (TPSA) is 29.5 Å². The van der Waals surface area contributed by atoms with Crippen LogP contribution in [-0.4, -0.2) is 12.5 Å². The molecule has 0 bridgehead atoms. The molecular formula is C21H17NO2. The van der Waals surface area contributed by atoms with Gasteiger partial charge in [-0.05, 0) is 48.4 Å². The van der Waals surface area contributed by atoms with E-state index < -0.39 is 0 Å². The zero-order valence-corrected chi connectivity index (χ0v) is 13.2. The number of nitrogens with zero attached hydrogens (tertiary/aromatic N) is 1. The Morgan fingerprint density at radius 2 is 1.58 bits per heavy atom. The molecule has 1 aliphatic rings. The van der Waals surface area contributed by atoms with Crippen LogP contribution in [0.1, 0.15) is 15.9 Å². The summed E-state index contributed by atoms with van der Waals surface area (Å²) < 4.78 is 5.83. The summed E-state index contributed by atoms with van der Waals surface area (Å²) in [4.78, 5) is 14.7. The molecule has 0 atom stereocenters. The number of rotatable bonds is 3. The average molecular weight is 315 g/mol. The third-order valence-corrected chi connectivity index (χ3v) is 4.19. The molecule has 3 aromatic carbocycles. The molecule has 3 nitrogen and oxygen atoms in total. The van der Waals surface area contributed by atoms with Crippen molar-refractivity contribution >= 4 is 11.6 Å². The SMILES string of the molecule is O=C(c1cccc(Oc2ccccc2)c1)N1CCc2ccccc21. The van der Waals surface area contributed by atoms with Crippen LogP contribution in [0.4, 0.5) is 5.69 Å². The van der Waals surface area contributed by atoms with Crippen molar-refractivity contribution in [3.05, 3.63) is 90.0 Å². The molecule has 0 aromatic heterocycles. The molecule has 0 unspecified atom stereocenters. The smallest absolute Gasteiger partial charge is 0.258 e. The van der Waals surface area contributed by atoms with E-state index in [1.165, 1.54) is 5.56 Å².